The lowest BCUT2D eigenvalue weighted by molar-refractivity contribution is 0.0692. The van der Waals surface area contributed by atoms with Gasteiger partial charge in [0.25, 0.3) is 5.56 Å². The van der Waals surface area contributed by atoms with Gasteiger partial charge < -0.3 is 14.7 Å². The normalized spacial score (nSPS) is 14.6. The first kappa shape index (κ1) is 22.8. The van der Waals surface area contributed by atoms with E-state index in [1.165, 1.54) is 41.5 Å². The number of carbonyl (C=O) groups is 1. The van der Waals surface area contributed by atoms with Gasteiger partial charge in [-0.05, 0) is 53.1 Å². The monoisotopic (exact) mass is 517 g/mol. The van der Waals surface area contributed by atoms with Crippen molar-refractivity contribution in [2.75, 3.05) is 0 Å². The van der Waals surface area contributed by atoms with Crippen LogP contribution in [0.15, 0.2) is 65.8 Å². The fourth-order valence-corrected chi connectivity index (χ4v) is 5.06. The fourth-order valence-electron chi connectivity index (χ4n) is 4.80. The molecule has 6 rings (SSSR count). The van der Waals surface area contributed by atoms with Gasteiger partial charge >= 0.3 is 5.97 Å². The summed E-state index contributed by atoms with van der Waals surface area (Å²) in [6.07, 6.45) is 4.11. The first-order valence-corrected chi connectivity index (χ1v) is 11.6. The molecule has 0 radical (unpaired) electrons. The minimum atomic E-state index is -1.35. The summed E-state index contributed by atoms with van der Waals surface area (Å²) in [4.78, 5) is 32.1. The van der Waals surface area contributed by atoms with E-state index in [1.807, 2.05) is 12.1 Å². The zero-order valence-corrected chi connectivity index (χ0v) is 19.7. The van der Waals surface area contributed by atoms with Crippen molar-refractivity contribution in [1.82, 2.24) is 34.7 Å². The molecule has 5 aromatic rings. The largest absolute Gasteiger partial charge is 0.478 e. The van der Waals surface area contributed by atoms with Gasteiger partial charge in [-0.15, -0.1) is 5.10 Å². The van der Waals surface area contributed by atoms with Crippen LogP contribution < -0.4 is 5.56 Å². The maximum absolute atomic E-state index is 14.8. The molecular weight excluding hydrogens is 501 g/mol. The number of pyridine rings is 1. The molecule has 1 atom stereocenters. The first-order chi connectivity index (χ1) is 17.9. The number of halogens is 2. The second-order valence-electron chi connectivity index (χ2n) is 8.54. The number of hydrogen-bond donors (Lipinski definition) is 2. The van der Waals surface area contributed by atoms with Crippen LogP contribution in [-0.2, 0) is 6.42 Å². The summed E-state index contributed by atoms with van der Waals surface area (Å²) in [5.74, 6) is -1.71. The van der Waals surface area contributed by atoms with E-state index >= 15 is 0 Å². The molecule has 0 amide bonds. The van der Waals surface area contributed by atoms with Crippen molar-refractivity contribution in [3.05, 3.63) is 99.3 Å². The summed E-state index contributed by atoms with van der Waals surface area (Å²) in [7, 11) is 0. The summed E-state index contributed by atoms with van der Waals surface area (Å²) >= 11 is 6.45. The molecule has 0 saturated heterocycles. The Morgan fingerprint density at radius 1 is 1.16 bits per heavy atom. The molecule has 12 heteroatoms. The molecule has 37 heavy (non-hydrogen) atoms. The zero-order valence-electron chi connectivity index (χ0n) is 19.0. The van der Waals surface area contributed by atoms with Gasteiger partial charge in [0, 0.05) is 22.9 Å². The van der Waals surface area contributed by atoms with Crippen LogP contribution in [0.25, 0.3) is 28.1 Å². The van der Waals surface area contributed by atoms with Gasteiger partial charge in [0.1, 0.15) is 18.0 Å². The quantitative estimate of drug-likeness (QED) is 0.361. The minimum absolute atomic E-state index is 0.0932. The minimum Gasteiger partial charge on any atom is -0.478 e. The third-order valence-electron chi connectivity index (χ3n) is 6.44. The number of aromatic amines is 1. The Kier molecular flexibility index (Phi) is 5.41. The Labute approximate surface area is 213 Å². The molecule has 1 aliphatic rings. The second-order valence-corrected chi connectivity index (χ2v) is 8.95. The number of tetrazole rings is 1. The smallest absolute Gasteiger partial charge is 0.338 e. The predicted octanol–water partition coefficient (Wildman–Crippen LogP) is 3.91. The van der Waals surface area contributed by atoms with Crippen LogP contribution in [0.2, 0.25) is 5.02 Å². The van der Waals surface area contributed by atoms with Crippen molar-refractivity contribution in [3.63, 3.8) is 0 Å². The van der Waals surface area contributed by atoms with E-state index in [1.54, 1.807) is 16.7 Å². The van der Waals surface area contributed by atoms with Gasteiger partial charge in [0.15, 0.2) is 0 Å². The molecule has 2 N–H and O–H groups in total. The summed E-state index contributed by atoms with van der Waals surface area (Å²) in [6.45, 7) is 0. The molecule has 2 aromatic carbocycles. The van der Waals surface area contributed by atoms with Crippen LogP contribution in [0.4, 0.5) is 4.39 Å². The standard InChI is InChI=1S/C25H17ClFN7O3/c26-18-6-2-3-15(23(18)33-12-29-31-32-33)13-9-14-7-8-20(34(14)21(35)10-13)24-28-11-19(30-24)16-4-1-5-17(22(16)27)25(36)37/h1-6,9-12,20H,7-8H2,(H,28,30)(H,36,37)/t20-/m0/s1. The number of H-pyrrole nitrogens is 1. The number of imidazole rings is 1. The van der Waals surface area contributed by atoms with Crippen LogP contribution in [-0.4, -0.2) is 45.8 Å². The fraction of sp³-hybridized carbons (Fsp3) is 0.120. The molecule has 10 nitrogen and oxygen atoms in total. The molecule has 0 bridgehead atoms. The van der Waals surface area contributed by atoms with Crippen molar-refractivity contribution in [3.8, 4) is 28.1 Å². The number of rotatable bonds is 5. The number of hydrogen-bond acceptors (Lipinski definition) is 6. The SMILES string of the molecule is O=C(O)c1cccc(-c2cnc([C@@H]3CCc4cc(-c5cccc(Cl)c5-n5cnnn5)cc(=O)n43)[nH]2)c1F. The Morgan fingerprint density at radius 2 is 1.97 bits per heavy atom. The van der Waals surface area contributed by atoms with Crippen LogP contribution in [0.1, 0.15) is 34.3 Å². The Hall–Kier alpha value is -4.64. The highest BCUT2D eigenvalue weighted by Crippen LogP contribution is 2.35. The van der Waals surface area contributed by atoms with Crippen molar-refractivity contribution in [1.29, 1.82) is 0 Å². The van der Waals surface area contributed by atoms with E-state index < -0.39 is 17.3 Å². The molecule has 184 valence electrons. The van der Waals surface area contributed by atoms with Crippen molar-refractivity contribution in [2.24, 2.45) is 0 Å². The van der Waals surface area contributed by atoms with E-state index in [0.29, 0.717) is 46.2 Å². The Balaban J connectivity index is 1.38. The third-order valence-corrected chi connectivity index (χ3v) is 6.74. The lowest BCUT2D eigenvalue weighted by Gasteiger charge is -2.15. The van der Waals surface area contributed by atoms with Gasteiger partial charge in [0.2, 0.25) is 0 Å². The van der Waals surface area contributed by atoms with Crippen LogP contribution in [0.5, 0.6) is 0 Å². The van der Waals surface area contributed by atoms with Crippen molar-refractivity contribution in [2.45, 2.75) is 18.9 Å². The molecule has 3 aromatic heterocycles. The number of aromatic carboxylic acids is 1. The maximum atomic E-state index is 14.8. The number of aryl methyl sites for hydroxylation is 1. The maximum Gasteiger partial charge on any atom is 0.338 e. The Bertz CT molecular complexity index is 1730. The number of nitrogens with zero attached hydrogens (tertiary/aromatic N) is 6. The highest BCUT2D eigenvalue weighted by molar-refractivity contribution is 6.33. The number of carboxylic acid groups (broad SMARTS) is 1. The predicted molar refractivity (Wildman–Crippen MR) is 131 cm³/mol. The summed E-state index contributed by atoms with van der Waals surface area (Å²) < 4.78 is 17.9. The molecule has 0 unspecified atom stereocenters. The van der Waals surface area contributed by atoms with Gasteiger partial charge in [-0.2, -0.15) is 4.68 Å². The summed E-state index contributed by atoms with van der Waals surface area (Å²) in [6, 6.07) is 12.6. The van der Waals surface area contributed by atoms with E-state index in [-0.39, 0.29) is 17.2 Å². The van der Waals surface area contributed by atoms with Gasteiger partial charge in [-0.1, -0.05) is 29.8 Å². The second kappa shape index (κ2) is 8.79. The van der Waals surface area contributed by atoms with Gasteiger partial charge in [0.05, 0.1) is 34.2 Å². The average Bonchev–Trinajstić information content (AvgIpc) is 3.64. The number of para-hydroxylation sites is 1. The highest BCUT2D eigenvalue weighted by Gasteiger charge is 2.28. The number of aromatic nitrogens is 7. The number of fused-ring (bicyclic) bond motifs is 1. The molecule has 0 spiro atoms. The topological polar surface area (TPSA) is 132 Å². The number of nitrogens with one attached hydrogen (secondary N) is 1. The molecule has 1 aliphatic heterocycles. The van der Waals surface area contributed by atoms with E-state index in [2.05, 4.69) is 25.5 Å². The Morgan fingerprint density at radius 3 is 2.76 bits per heavy atom. The molecule has 0 fully saturated rings. The first-order valence-electron chi connectivity index (χ1n) is 11.3. The third kappa shape index (κ3) is 3.80. The van der Waals surface area contributed by atoms with Gasteiger partial charge in [-0.3, -0.25) is 4.79 Å². The molecular formula is C25H17ClFN7O3. The highest BCUT2D eigenvalue weighted by atomic mass is 35.5. The van der Waals surface area contributed by atoms with E-state index in [0.717, 1.165) is 5.69 Å². The van der Waals surface area contributed by atoms with Gasteiger partial charge in [-0.25, -0.2) is 14.2 Å². The molecule has 4 heterocycles. The van der Waals surface area contributed by atoms with Crippen LogP contribution >= 0.6 is 11.6 Å². The van der Waals surface area contributed by atoms with E-state index in [9.17, 15) is 19.1 Å². The van der Waals surface area contributed by atoms with Crippen LogP contribution in [0.3, 0.4) is 0 Å². The lowest BCUT2D eigenvalue weighted by atomic mass is 10.0. The average molecular weight is 518 g/mol. The van der Waals surface area contributed by atoms with Crippen molar-refractivity contribution >= 4 is 17.6 Å². The van der Waals surface area contributed by atoms with E-state index in [4.69, 9.17) is 11.6 Å². The van der Waals surface area contributed by atoms with Crippen molar-refractivity contribution < 1.29 is 14.3 Å². The van der Waals surface area contributed by atoms with Crippen LogP contribution in [0, 0.1) is 5.82 Å². The lowest BCUT2D eigenvalue weighted by Crippen LogP contribution is -2.24. The summed E-state index contributed by atoms with van der Waals surface area (Å²) in [5.41, 5.74) is 2.53. The zero-order chi connectivity index (χ0) is 25.7. The molecule has 0 aliphatic carbocycles. The molecule has 0 saturated carbocycles. The number of carboxylic acids is 1. The number of benzene rings is 2. The summed E-state index contributed by atoms with van der Waals surface area (Å²) in [5, 5.41) is 21.0.